The Morgan fingerprint density at radius 3 is 2.29 bits per heavy atom. The van der Waals surface area contributed by atoms with E-state index in [1.165, 1.54) is 12.1 Å². The van der Waals surface area contributed by atoms with Crippen LogP contribution in [-0.4, -0.2) is 28.8 Å². The zero-order valence-corrected chi connectivity index (χ0v) is 20.3. The van der Waals surface area contributed by atoms with Crippen molar-refractivity contribution in [3.63, 3.8) is 0 Å². The minimum Gasteiger partial charge on any atom is -0.352 e. The van der Waals surface area contributed by atoms with E-state index in [4.69, 9.17) is 0 Å². The summed E-state index contributed by atoms with van der Waals surface area (Å²) in [7, 11) is 0. The summed E-state index contributed by atoms with van der Waals surface area (Å²) in [5.41, 5.74) is 3.77. The van der Waals surface area contributed by atoms with Crippen LogP contribution >= 0.6 is 0 Å². The van der Waals surface area contributed by atoms with Gasteiger partial charge in [-0.3, -0.25) is 9.59 Å². The van der Waals surface area contributed by atoms with Crippen LogP contribution in [0.5, 0.6) is 0 Å². The molecule has 0 saturated heterocycles. The minimum absolute atomic E-state index is 0.123. The van der Waals surface area contributed by atoms with Crippen molar-refractivity contribution in [3.05, 3.63) is 107 Å². The number of nitrogens with one attached hydrogen (secondary N) is 1. The molecule has 1 atom stereocenters. The lowest BCUT2D eigenvalue weighted by Gasteiger charge is -2.32. The van der Waals surface area contributed by atoms with E-state index in [0.29, 0.717) is 6.42 Å². The molecule has 0 radical (unpaired) electrons. The van der Waals surface area contributed by atoms with Crippen molar-refractivity contribution in [2.75, 3.05) is 0 Å². The summed E-state index contributed by atoms with van der Waals surface area (Å²) in [6, 6.07) is 23.3. The molecule has 1 saturated carbocycles. The number of rotatable bonds is 9. The molecule has 3 aromatic carbocycles. The molecule has 3 aromatic rings. The van der Waals surface area contributed by atoms with E-state index in [0.717, 1.165) is 47.9 Å². The predicted molar refractivity (Wildman–Crippen MR) is 136 cm³/mol. The maximum absolute atomic E-state index is 13.7. The first-order valence-electron chi connectivity index (χ1n) is 12.4. The Labute approximate surface area is 207 Å². The number of halogens is 1. The lowest BCUT2D eigenvalue weighted by atomic mass is 10.0. The van der Waals surface area contributed by atoms with Crippen LogP contribution in [0.2, 0.25) is 0 Å². The summed E-state index contributed by atoms with van der Waals surface area (Å²) in [5, 5.41) is 3.21. The molecule has 0 heterocycles. The first-order valence-corrected chi connectivity index (χ1v) is 12.4. The smallest absolute Gasteiger partial charge is 0.243 e. The molecule has 1 aliphatic carbocycles. The third kappa shape index (κ3) is 7.01. The average molecular weight is 473 g/mol. The van der Waals surface area contributed by atoms with Crippen molar-refractivity contribution in [1.82, 2.24) is 10.2 Å². The molecule has 0 aliphatic heterocycles. The summed E-state index contributed by atoms with van der Waals surface area (Å²) in [4.78, 5) is 29.0. The van der Waals surface area contributed by atoms with E-state index in [2.05, 4.69) is 5.32 Å². The van der Waals surface area contributed by atoms with Gasteiger partial charge in [-0.1, -0.05) is 85.1 Å². The second kappa shape index (κ2) is 11.8. The van der Waals surface area contributed by atoms with Crippen molar-refractivity contribution in [2.24, 2.45) is 0 Å². The monoisotopic (exact) mass is 472 g/mol. The van der Waals surface area contributed by atoms with Crippen molar-refractivity contribution in [1.29, 1.82) is 0 Å². The molecule has 0 bridgehead atoms. The molecular weight excluding hydrogens is 439 g/mol. The van der Waals surface area contributed by atoms with Crippen molar-refractivity contribution < 1.29 is 14.0 Å². The number of amides is 2. The Kier molecular flexibility index (Phi) is 8.30. The summed E-state index contributed by atoms with van der Waals surface area (Å²) in [6.07, 6.45) is 4.78. The SMILES string of the molecule is Cc1cccc(CC(=O)N(Cc2ccc(F)cc2)C(Cc2ccccc2)C(=O)NC2CCCC2)c1. The van der Waals surface area contributed by atoms with Crippen LogP contribution in [-0.2, 0) is 29.0 Å². The van der Waals surface area contributed by atoms with E-state index in [-0.39, 0.29) is 36.6 Å². The fourth-order valence-corrected chi connectivity index (χ4v) is 4.81. The highest BCUT2D eigenvalue weighted by Gasteiger charge is 2.32. The van der Waals surface area contributed by atoms with E-state index >= 15 is 0 Å². The second-order valence-corrected chi connectivity index (χ2v) is 9.51. The van der Waals surface area contributed by atoms with Gasteiger partial charge >= 0.3 is 0 Å². The number of carbonyl (C=O) groups is 2. The Bertz CT molecular complexity index is 1120. The fourth-order valence-electron chi connectivity index (χ4n) is 4.81. The Balaban J connectivity index is 1.65. The highest BCUT2D eigenvalue weighted by molar-refractivity contribution is 5.89. The summed E-state index contributed by atoms with van der Waals surface area (Å²) >= 11 is 0. The van der Waals surface area contributed by atoms with E-state index in [9.17, 15) is 14.0 Å². The Morgan fingerprint density at radius 1 is 0.914 bits per heavy atom. The van der Waals surface area contributed by atoms with Gasteiger partial charge in [0.25, 0.3) is 0 Å². The number of hydrogen-bond donors (Lipinski definition) is 1. The molecule has 2 amide bonds. The zero-order valence-electron chi connectivity index (χ0n) is 20.3. The van der Waals surface area contributed by atoms with E-state index < -0.39 is 6.04 Å². The zero-order chi connectivity index (χ0) is 24.6. The molecule has 35 heavy (non-hydrogen) atoms. The Hall–Kier alpha value is -3.47. The topological polar surface area (TPSA) is 49.4 Å². The highest BCUT2D eigenvalue weighted by Crippen LogP contribution is 2.21. The van der Waals surface area contributed by atoms with Crippen LogP contribution in [0.4, 0.5) is 4.39 Å². The van der Waals surface area contributed by atoms with Gasteiger partial charge in [0.05, 0.1) is 6.42 Å². The number of carbonyl (C=O) groups excluding carboxylic acids is 2. The van der Waals surface area contributed by atoms with Crippen LogP contribution in [0.3, 0.4) is 0 Å². The van der Waals surface area contributed by atoms with E-state index in [1.54, 1.807) is 17.0 Å². The number of nitrogens with zero attached hydrogens (tertiary/aromatic N) is 1. The number of aryl methyl sites for hydroxylation is 1. The first kappa shape index (κ1) is 24.6. The maximum atomic E-state index is 13.7. The van der Waals surface area contributed by atoms with Crippen LogP contribution in [0.1, 0.15) is 47.9 Å². The van der Waals surface area contributed by atoms with Gasteiger partial charge in [-0.2, -0.15) is 0 Å². The van der Waals surface area contributed by atoms with Gasteiger partial charge in [0, 0.05) is 19.0 Å². The summed E-state index contributed by atoms with van der Waals surface area (Å²) in [6.45, 7) is 2.23. The molecule has 0 spiro atoms. The van der Waals surface area contributed by atoms with Crippen LogP contribution in [0, 0.1) is 12.7 Å². The molecular formula is C30H33FN2O2. The highest BCUT2D eigenvalue weighted by atomic mass is 19.1. The van der Waals surface area contributed by atoms with Crippen molar-refractivity contribution >= 4 is 11.8 Å². The number of hydrogen-bond acceptors (Lipinski definition) is 2. The lowest BCUT2D eigenvalue weighted by molar-refractivity contribution is -0.141. The van der Waals surface area contributed by atoms with Gasteiger partial charge in [0.15, 0.2) is 0 Å². The molecule has 1 aliphatic rings. The fraction of sp³-hybridized carbons (Fsp3) is 0.333. The van der Waals surface area contributed by atoms with Gasteiger partial charge in [-0.25, -0.2) is 4.39 Å². The normalized spacial score (nSPS) is 14.5. The molecule has 1 unspecified atom stereocenters. The predicted octanol–water partition coefficient (Wildman–Crippen LogP) is 5.38. The van der Waals surface area contributed by atoms with Gasteiger partial charge in [-0.15, -0.1) is 0 Å². The second-order valence-electron chi connectivity index (χ2n) is 9.51. The molecule has 0 aromatic heterocycles. The van der Waals surface area contributed by atoms with Crippen LogP contribution in [0.25, 0.3) is 0 Å². The third-order valence-corrected chi connectivity index (χ3v) is 6.68. The average Bonchev–Trinajstić information content (AvgIpc) is 3.36. The Morgan fingerprint density at radius 2 is 1.60 bits per heavy atom. The molecule has 5 heteroatoms. The standard InChI is InChI=1S/C30H33FN2O2/c1-22-8-7-11-25(18-22)20-29(34)33(21-24-14-16-26(31)17-15-24)28(19-23-9-3-2-4-10-23)30(35)32-27-12-5-6-13-27/h2-4,7-11,14-18,27-28H,5-6,12-13,19-21H2,1H3,(H,32,35). The molecule has 4 rings (SSSR count). The third-order valence-electron chi connectivity index (χ3n) is 6.68. The number of benzene rings is 3. The maximum Gasteiger partial charge on any atom is 0.243 e. The quantitative estimate of drug-likeness (QED) is 0.455. The summed E-state index contributed by atoms with van der Waals surface area (Å²) < 4.78 is 13.6. The van der Waals surface area contributed by atoms with Crippen LogP contribution in [0.15, 0.2) is 78.9 Å². The first-order chi connectivity index (χ1) is 17.0. The summed E-state index contributed by atoms with van der Waals surface area (Å²) in [5.74, 6) is -0.575. The van der Waals surface area contributed by atoms with Gasteiger partial charge in [0.2, 0.25) is 11.8 Å². The minimum atomic E-state index is -0.666. The lowest BCUT2D eigenvalue weighted by Crippen LogP contribution is -2.52. The molecule has 1 fully saturated rings. The van der Waals surface area contributed by atoms with Gasteiger partial charge in [0.1, 0.15) is 11.9 Å². The van der Waals surface area contributed by atoms with Crippen molar-refractivity contribution in [2.45, 2.75) is 64.1 Å². The van der Waals surface area contributed by atoms with Gasteiger partial charge in [-0.05, 0) is 48.6 Å². The van der Waals surface area contributed by atoms with Crippen LogP contribution < -0.4 is 5.32 Å². The molecule has 182 valence electrons. The van der Waals surface area contributed by atoms with E-state index in [1.807, 2.05) is 61.5 Å². The molecule has 4 nitrogen and oxygen atoms in total. The largest absolute Gasteiger partial charge is 0.352 e. The van der Waals surface area contributed by atoms with Gasteiger partial charge < -0.3 is 10.2 Å². The van der Waals surface area contributed by atoms with Crippen molar-refractivity contribution in [3.8, 4) is 0 Å². The molecule has 1 N–H and O–H groups in total.